The lowest BCUT2D eigenvalue weighted by Crippen LogP contribution is -2.33. The van der Waals surface area contributed by atoms with Gasteiger partial charge in [0.05, 0.1) is 19.1 Å². The third kappa shape index (κ3) is 3.10. The van der Waals surface area contributed by atoms with Gasteiger partial charge in [-0.15, -0.1) is 0 Å². The van der Waals surface area contributed by atoms with Crippen LogP contribution >= 0.6 is 0 Å². The summed E-state index contributed by atoms with van der Waals surface area (Å²) in [5.41, 5.74) is 0.537. The average molecular weight is 289 g/mol. The Morgan fingerprint density at radius 1 is 1.29 bits per heavy atom. The predicted octanol–water partition coefficient (Wildman–Crippen LogP) is 3.03. The maximum atomic E-state index is 12.8. The highest BCUT2D eigenvalue weighted by Crippen LogP contribution is 2.39. The van der Waals surface area contributed by atoms with E-state index in [2.05, 4.69) is 6.92 Å². The first-order valence-corrected chi connectivity index (χ1v) is 7.29. The molecule has 1 heterocycles. The highest BCUT2D eigenvalue weighted by atomic mass is 16.5. The third-order valence-corrected chi connectivity index (χ3v) is 4.17. The first-order chi connectivity index (χ1) is 10.2. The van der Waals surface area contributed by atoms with Crippen molar-refractivity contribution in [2.45, 2.75) is 19.8 Å². The van der Waals surface area contributed by atoms with Crippen LogP contribution in [-0.2, 0) is 9.53 Å². The summed E-state index contributed by atoms with van der Waals surface area (Å²) in [4.78, 5) is 14.7. The molecule has 1 amide bonds. The summed E-state index contributed by atoms with van der Waals surface area (Å²) in [6, 6.07) is 7.63. The second kappa shape index (κ2) is 6.76. The number of methoxy groups -OCH3 is 2. The van der Waals surface area contributed by atoms with Gasteiger partial charge in [0.25, 0.3) is 0 Å². The van der Waals surface area contributed by atoms with Gasteiger partial charge < -0.3 is 14.4 Å². The van der Waals surface area contributed by atoms with E-state index in [1.165, 1.54) is 0 Å². The molecule has 2 rings (SSSR count). The van der Waals surface area contributed by atoms with E-state index in [1.54, 1.807) is 14.2 Å². The summed E-state index contributed by atoms with van der Waals surface area (Å²) >= 11 is 0. The van der Waals surface area contributed by atoms with E-state index >= 15 is 0 Å². The fourth-order valence-electron chi connectivity index (χ4n) is 2.77. The number of ether oxygens (including phenoxy) is 2. The Morgan fingerprint density at radius 2 is 2.00 bits per heavy atom. The highest BCUT2D eigenvalue weighted by molar-refractivity contribution is 6.01. The fourth-order valence-corrected chi connectivity index (χ4v) is 2.77. The van der Waals surface area contributed by atoms with Crippen LogP contribution in [0.15, 0.2) is 36.4 Å². The molecule has 0 aromatic heterocycles. The molecule has 4 heteroatoms. The van der Waals surface area contributed by atoms with Crippen LogP contribution in [0.4, 0.5) is 5.69 Å². The zero-order valence-corrected chi connectivity index (χ0v) is 13.0. The molecule has 1 atom stereocenters. The Balaban J connectivity index is 2.18. The first-order valence-electron chi connectivity index (χ1n) is 7.29. The van der Waals surface area contributed by atoms with Crippen LogP contribution in [-0.4, -0.2) is 33.3 Å². The highest BCUT2D eigenvalue weighted by Gasteiger charge is 2.43. The number of rotatable bonds is 6. The van der Waals surface area contributed by atoms with Crippen molar-refractivity contribution in [1.82, 2.24) is 0 Å². The maximum absolute atomic E-state index is 12.8. The molecule has 0 N–H and O–H groups in total. The van der Waals surface area contributed by atoms with Gasteiger partial charge in [-0.2, -0.15) is 0 Å². The van der Waals surface area contributed by atoms with Gasteiger partial charge in [-0.1, -0.05) is 19.1 Å². The first kappa shape index (κ1) is 15.6. The van der Waals surface area contributed by atoms with E-state index < -0.39 is 5.41 Å². The number of carbonyl (C=O) groups excluding carboxylic acids is 1. The van der Waals surface area contributed by atoms with E-state index in [0.717, 1.165) is 30.8 Å². The molecular formula is C17H23NO3. The SMILES string of the molecule is CC[C@@]1(/C=C/COC)CCN(c2ccc(OC)cc2)C1=O. The van der Waals surface area contributed by atoms with Crippen molar-refractivity contribution in [3.8, 4) is 5.75 Å². The molecular weight excluding hydrogens is 266 g/mol. The Hall–Kier alpha value is -1.81. The van der Waals surface area contributed by atoms with Crippen LogP contribution in [0.3, 0.4) is 0 Å². The molecule has 4 nitrogen and oxygen atoms in total. The van der Waals surface area contributed by atoms with Crippen molar-refractivity contribution in [3.63, 3.8) is 0 Å². The van der Waals surface area contributed by atoms with Crippen LogP contribution in [0.1, 0.15) is 19.8 Å². The van der Waals surface area contributed by atoms with Crippen LogP contribution in [0.25, 0.3) is 0 Å². The van der Waals surface area contributed by atoms with E-state index in [4.69, 9.17) is 9.47 Å². The molecule has 1 saturated heterocycles. The van der Waals surface area contributed by atoms with Gasteiger partial charge in [0.1, 0.15) is 5.75 Å². The van der Waals surface area contributed by atoms with Crippen molar-refractivity contribution in [1.29, 1.82) is 0 Å². The monoisotopic (exact) mass is 289 g/mol. The van der Waals surface area contributed by atoms with E-state index in [9.17, 15) is 4.79 Å². The van der Waals surface area contributed by atoms with Gasteiger partial charge >= 0.3 is 0 Å². The quantitative estimate of drug-likeness (QED) is 0.756. The lowest BCUT2D eigenvalue weighted by atomic mass is 9.83. The summed E-state index contributed by atoms with van der Waals surface area (Å²) in [5.74, 6) is 0.967. The topological polar surface area (TPSA) is 38.8 Å². The normalized spacial score (nSPS) is 22.2. The summed E-state index contributed by atoms with van der Waals surface area (Å²) in [6.07, 6.45) is 5.61. The smallest absolute Gasteiger partial charge is 0.237 e. The minimum Gasteiger partial charge on any atom is -0.497 e. The van der Waals surface area contributed by atoms with Gasteiger partial charge in [-0.25, -0.2) is 0 Å². The van der Waals surface area contributed by atoms with Gasteiger partial charge in [-0.3, -0.25) is 4.79 Å². The largest absolute Gasteiger partial charge is 0.497 e. The maximum Gasteiger partial charge on any atom is 0.237 e. The number of nitrogens with zero attached hydrogens (tertiary/aromatic N) is 1. The zero-order chi connectivity index (χ0) is 15.3. The van der Waals surface area contributed by atoms with Gasteiger partial charge in [0.15, 0.2) is 0 Å². The van der Waals surface area contributed by atoms with E-state index in [1.807, 2.05) is 41.3 Å². The molecule has 1 aromatic rings. The molecule has 0 unspecified atom stereocenters. The average Bonchev–Trinajstić information content (AvgIpc) is 2.85. The Kier molecular flexibility index (Phi) is 5.02. The standard InChI is InChI=1S/C17H23NO3/c1-4-17(10-5-13-20-2)11-12-18(16(17)19)14-6-8-15(21-3)9-7-14/h5-10H,4,11-13H2,1-3H3/b10-5+/t17-/m1/s1. The molecule has 21 heavy (non-hydrogen) atoms. The number of benzene rings is 1. The van der Waals surface area contributed by atoms with Gasteiger partial charge in [0, 0.05) is 19.3 Å². The lowest BCUT2D eigenvalue weighted by molar-refractivity contribution is -0.123. The molecule has 1 fully saturated rings. The van der Waals surface area contributed by atoms with Crippen molar-refractivity contribution >= 4 is 11.6 Å². The fraction of sp³-hybridized carbons (Fsp3) is 0.471. The van der Waals surface area contributed by atoms with E-state index in [0.29, 0.717) is 6.61 Å². The summed E-state index contributed by atoms with van der Waals surface area (Å²) in [7, 11) is 3.29. The van der Waals surface area contributed by atoms with Crippen molar-refractivity contribution < 1.29 is 14.3 Å². The number of hydrogen-bond donors (Lipinski definition) is 0. The van der Waals surface area contributed by atoms with Crippen molar-refractivity contribution in [3.05, 3.63) is 36.4 Å². The minimum atomic E-state index is -0.390. The van der Waals surface area contributed by atoms with Gasteiger partial charge in [0.2, 0.25) is 5.91 Å². The van der Waals surface area contributed by atoms with Crippen molar-refractivity contribution in [2.75, 3.05) is 32.3 Å². The summed E-state index contributed by atoms with van der Waals surface area (Å²) < 4.78 is 10.2. The zero-order valence-electron chi connectivity index (χ0n) is 13.0. The second-order valence-corrected chi connectivity index (χ2v) is 5.27. The van der Waals surface area contributed by atoms with E-state index in [-0.39, 0.29) is 5.91 Å². The Labute approximate surface area is 126 Å². The van der Waals surface area contributed by atoms with Crippen LogP contribution in [0, 0.1) is 5.41 Å². The molecule has 0 spiro atoms. The third-order valence-electron chi connectivity index (χ3n) is 4.17. The number of carbonyl (C=O) groups is 1. The van der Waals surface area contributed by atoms with Crippen molar-refractivity contribution in [2.24, 2.45) is 5.41 Å². The minimum absolute atomic E-state index is 0.169. The number of anilines is 1. The Bertz CT molecular complexity index is 509. The van der Waals surface area contributed by atoms with Crippen LogP contribution in [0.5, 0.6) is 5.75 Å². The molecule has 114 valence electrons. The van der Waals surface area contributed by atoms with Gasteiger partial charge in [-0.05, 0) is 37.1 Å². The molecule has 0 bridgehead atoms. The Morgan fingerprint density at radius 3 is 2.57 bits per heavy atom. The summed E-state index contributed by atoms with van der Waals surface area (Å²) in [6.45, 7) is 3.35. The molecule has 1 aliphatic rings. The molecule has 0 radical (unpaired) electrons. The summed E-state index contributed by atoms with van der Waals surface area (Å²) in [5, 5.41) is 0. The lowest BCUT2D eigenvalue weighted by Gasteiger charge is -2.23. The number of hydrogen-bond acceptors (Lipinski definition) is 3. The predicted molar refractivity (Wildman–Crippen MR) is 83.7 cm³/mol. The molecule has 1 aliphatic heterocycles. The van der Waals surface area contributed by atoms with Crippen LogP contribution in [0.2, 0.25) is 0 Å². The van der Waals surface area contributed by atoms with Crippen LogP contribution < -0.4 is 9.64 Å². The second-order valence-electron chi connectivity index (χ2n) is 5.27. The molecule has 0 aliphatic carbocycles. The molecule has 1 aromatic carbocycles. The molecule has 0 saturated carbocycles. The number of amides is 1.